The molecule has 0 atom stereocenters. The Morgan fingerprint density at radius 2 is 1.78 bits per heavy atom. The van der Waals surface area contributed by atoms with Crippen molar-refractivity contribution in [2.24, 2.45) is 0 Å². The lowest BCUT2D eigenvalue weighted by molar-refractivity contribution is -0.133. The number of halogens is 1. The molecule has 168 valence electrons. The molecule has 0 radical (unpaired) electrons. The number of thiophene rings is 1. The molecule has 32 heavy (non-hydrogen) atoms. The largest absolute Gasteiger partial charge is 0.332 e. The van der Waals surface area contributed by atoms with E-state index in [4.69, 9.17) is 0 Å². The number of amides is 3. The number of unbranched alkanes of at least 4 members (excludes halogenated alkanes) is 1. The van der Waals surface area contributed by atoms with Crippen molar-refractivity contribution in [2.75, 3.05) is 18.4 Å². The van der Waals surface area contributed by atoms with Gasteiger partial charge in [-0.05, 0) is 41.6 Å². The third-order valence-corrected chi connectivity index (χ3v) is 6.32. The van der Waals surface area contributed by atoms with Crippen molar-refractivity contribution in [3.05, 3.63) is 87.0 Å². The van der Waals surface area contributed by atoms with Gasteiger partial charge in [0.25, 0.3) is 0 Å². The molecule has 0 aliphatic heterocycles. The first-order valence-electron chi connectivity index (χ1n) is 10.7. The van der Waals surface area contributed by atoms with Gasteiger partial charge < -0.3 is 15.1 Å². The summed E-state index contributed by atoms with van der Waals surface area (Å²) in [6.07, 6.45) is 1.78. The fourth-order valence-electron chi connectivity index (χ4n) is 3.26. The van der Waals surface area contributed by atoms with E-state index in [-0.39, 0.29) is 18.5 Å². The Morgan fingerprint density at radius 1 is 0.969 bits per heavy atom. The summed E-state index contributed by atoms with van der Waals surface area (Å²) in [6, 6.07) is 21.2. The first-order chi connectivity index (χ1) is 15.5. The van der Waals surface area contributed by atoms with Crippen LogP contribution < -0.4 is 5.32 Å². The van der Waals surface area contributed by atoms with Gasteiger partial charge in [0.2, 0.25) is 5.91 Å². The average molecular weight is 514 g/mol. The lowest BCUT2D eigenvalue weighted by atomic mass is 10.2. The third-order valence-electron chi connectivity index (χ3n) is 4.97. The Morgan fingerprint density at radius 3 is 2.47 bits per heavy atom. The van der Waals surface area contributed by atoms with Crippen LogP contribution in [0.2, 0.25) is 0 Å². The molecule has 0 unspecified atom stereocenters. The minimum absolute atomic E-state index is 0.0397. The van der Waals surface area contributed by atoms with Crippen molar-refractivity contribution in [1.29, 1.82) is 0 Å². The van der Waals surface area contributed by atoms with Gasteiger partial charge in [-0.25, -0.2) is 4.79 Å². The van der Waals surface area contributed by atoms with Gasteiger partial charge in [0.1, 0.15) is 6.54 Å². The smallest absolute Gasteiger partial charge is 0.322 e. The van der Waals surface area contributed by atoms with E-state index in [0.717, 1.165) is 27.8 Å². The first kappa shape index (κ1) is 24.0. The topological polar surface area (TPSA) is 52.7 Å². The minimum Gasteiger partial charge on any atom is -0.332 e. The number of nitrogens with zero attached hydrogens (tertiary/aromatic N) is 2. The SMILES string of the molecule is CCCCN(CC(=O)N(Cc1ccccc1)Cc1cccs1)C(=O)Nc1cccc(Br)c1. The van der Waals surface area contributed by atoms with Crippen LogP contribution in [0.5, 0.6) is 0 Å². The first-order valence-corrected chi connectivity index (χ1v) is 12.4. The van der Waals surface area contributed by atoms with Crippen molar-refractivity contribution < 1.29 is 9.59 Å². The van der Waals surface area contributed by atoms with Gasteiger partial charge in [-0.15, -0.1) is 11.3 Å². The summed E-state index contributed by atoms with van der Waals surface area (Å²) in [5.41, 5.74) is 1.76. The van der Waals surface area contributed by atoms with Crippen molar-refractivity contribution in [3.8, 4) is 0 Å². The van der Waals surface area contributed by atoms with Crippen LogP contribution in [0.4, 0.5) is 10.5 Å². The van der Waals surface area contributed by atoms with E-state index >= 15 is 0 Å². The number of carbonyl (C=O) groups is 2. The fraction of sp³-hybridized carbons (Fsp3) is 0.280. The number of benzene rings is 2. The molecule has 1 N–H and O–H groups in total. The molecule has 0 spiro atoms. The second-order valence-corrected chi connectivity index (χ2v) is 9.48. The highest BCUT2D eigenvalue weighted by Crippen LogP contribution is 2.18. The van der Waals surface area contributed by atoms with Crippen molar-refractivity contribution in [2.45, 2.75) is 32.9 Å². The zero-order valence-electron chi connectivity index (χ0n) is 18.2. The number of urea groups is 1. The summed E-state index contributed by atoms with van der Waals surface area (Å²) < 4.78 is 0.886. The van der Waals surface area contributed by atoms with E-state index in [1.165, 1.54) is 0 Å². The molecule has 1 aromatic heterocycles. The summed E-state index contributed by atoms with van der Waals surface area (Å²) >= 11 is 5.06. The van der Waals surface area contributed by atoms with Crippen molar-refractivity contribution in [3.63, 3.8) is 0 Å². The third kappa shape index (κ3) is 7.50. The highest BCUT2D eigenvalue weighted by molar-refractivity contribution is 9.10. The maximum absolute atomic E-state index is 13.4. The maximum Gasteiger partial charge on any atom is 0.322 e. The van der Waals surface area contributed by atoms with Crippen LogP contribution in [0.25, 0.3) is 0 Å². The van der Waals surface area contributed by atoms with Crippen molar-refractivity contribution in [1.82, 2.24) is 9.80 Å². The summed E-state index contributed by atoms with van der Waals surface area (Å²) in [7, 11) is 0. The molecule has 3 aromatic rings. The quantitative estimate of drug-likeness (QED) is 0.342. The van der Waals surface area contributed by atoms with Crippen LogP contribution >= 0.6 is 27.3 Å². The lowest BCUT2D eigenvalue weighted by Gasteiger charge is -2.28. The van der Waals surface area contributed by atoms with Gasteiger partial charge >= 0.3 is 6.03 Å². The number of hydrogen-bond donors (Lipinski definition) is 1. The Labute approximate surface area is 202 Å². The van der Waals surface area contributed by atoms with Crippen molar-refractivity contribution >= 4 is 44.9 Å². The van der Waals surface area contributed by atoms with E-state index in [1.54, 1.807) is 16.2 Å². The lowest BCUT2D eigenvalue weighted by Crippen LogP contribution is -2.44. The maximum atomic E-state index is 13.4. The molecule has 0 saturated heterocycles. The van der Waals surface area contributed by atoms with E-state index < -0.39 is 0 Å². The molecule has 0 bridgehead atoms. The van der Waals surface area contributed by atoms with E-state index in [1.807, 2.05) is 77.0 Å². The number of rotatable bonds is 10. The summed E-state index contributed by atoms with van der Waals surface area (Å²) in [5, 5.41) is 4.93. The summed E-state index contributed by atoms with van der Waals surface area (Å²) in [4.78, 5) is 30.9. The standard InChI is InChI=1S/C25H28BrN3O2S/c1-2-3-14-28(25(31)27-22-12-7-11-21(26)16-22)19-24(30)29(18-23-13-8-15-32-23)17-20-9-5-4-6-10-20/h4-13,15-16H,2-3,14,17-19H2,1H3,(H,27,31). The molecular weight excluding hydrogens is 486 g/mol. The summed E-state index contributed by atoms with van der Waals surface area (Å²) in [6.45, 7) is 3.68. The van der Waals surface area contributed by atoms with Gasteiger partial charge in [-0.3, -0.25) is 4.79 Å². The zero-order valence-corrected chi connectivity index (χ0v) is 20.6. The molecule has 7 heteroatoms. The molecule has 2 aromatic carbocycles. The average Bonchev–Trinajstić information content (AvgIpc) is 3.30. The number of carbonyl (C=O) groups excluding carboxylic acids is 2. The predicted octanol–water partition coefficient (Wildman–Crippen LogP) is 6.37. The van der Waals surface area contributed by atoms with Crippen LogP contribution in [0, 0.1) is 0 Å². The van der Waals surface area contributed by atoms with Crippen LogP contribution in [0.3, 0.4) is 0 Å². The second-order valence-electron chi connectivity index (χ2n) is 7.53. The molecule has 0 fully saturated rings. The van der Waals surface area contributed by atoms with Crippen LogP contribution in [-0.4, -0.2) is 34.8 Å². The highest BCUT2D eigenvalue weighted by Gasteiger charge is 2.22. The zero-order chi connectivity index (χ0) is 22.8. The van der Waals surface area contributed by atoms with Gasteiger partial charge in [-0.1, -0.05) is 71.7 Å². The van der Waals surface area contributed by atoms with Crippen LogP contribution in [0.1, 0.15) is 30.2 Å². The number of nitrogens with one attached hydrogen (secondary N) is 1. The monoisotopic (exact) mass is 513 g/mol. The van der Waals surface area contributed by atoms with Crippen LogP contribution in [0.15, 0.2) is 76.6 Å². The molecule has 1 heterocycles. The second kappa shape index (κ2) is 12.4. The Hall–Kier alpha value is -2.64. The minimum atomic E-state index is -0.263. The highest BCUT2D eigenvalue weighted by atomic mass is 79.9. The Bertz CT molecular complexity index is 995. The van der Waals surface area contributed by atoms with Gasteiger partial charge in [0, 0.05) is 28.1 Å². The Kier molecular flexibility index (Phi) is 9.31. The molecular formula is C25H28BrN3O2S. The fourth-order valence-corrected chi connectivity index (χ4v) is 4.38. The molecule has 5 nitrogen and oxygen atoms in total. The van der Waals surface area contributed by atoms with E-state index in [0.29, 0.717) is 25.3 Å². The van der Waals surface area contributed by atoms with E-state index in [9.17, 15) is 9.59 Å². The molecule has 0 aliphatic rings. The molecule has 0 saturated carbocycles. The molecule has 0 aliphatic carbocycles. The molecule has 3 amide bonds. The van der Waals surface area contributed by atoms with E-state index in [2.05, 4.69) is 28.2 Å². The number of anilines is 1. The number of hydrogen-bond acceptors (Lipinski definition) is 3. The van der Waals surface area contributed by atoms with Gasteiger partial charge in [-0.2, -0.15) is 0 Å². The van der Waals surface area contributed by atoms with Gasteiger partial charge in [0.15, 0.2) is 0 Å². The van der Waals surface area contributed by atoms with Gasteiger partial charge in [0.05, 0.1) is 6.54 Å². The van der Waals surface area contributed by atoms with Crippen LogP contribution in [-0.2, 0) is 17.9 Å². The predicted molar refractivity (Wildman–Crippen MR) is 135 cm³/mol. The summed E-state index contributed by atoms with van der Waals surface area (Å²) in [5.74, 6) is -0.0669. The normalized spacial score (nSPS) is 10.6. The molecule has 3 rings (SSSR count). The Balaban J connectivity index is 1.73.